The summed E-state index contributed by atoms with van der Waals surface area (Å²) >= 11 is 0. The third-order valence-electron chi connectivity index (χ3n) is 2.91. The number of nitrogens with two attached hydrogens (primary N) is 1. The molecule has 1 aromatic heterocycles. The van der Waals surface area contributed by atoms with Crippen LogP contribution < -0.4 is 10.6 Å². The van der Waals surface area contributed by atoms with Gasteiger partial charge < -0.3 is 15.7 Å². The highest BCUT2D eigenvalue weighted by Crippen LogP contribution is 2.23. The first-order valence-electron chi connectivity index (χ1n) is 5.62. The maximum Gasteiger partial charge on any atom is 0.147 e. The molecule has 0 spiro atoms. The van der Waals surface area contributed by atoms with Crippen LogP contribution in [0.5, 0.6) is 0 Å². The van der Waals surface area contributed by atoms with E-state index < -0.39 is 5.60 Å². The molecule has 0 aromatic carbocycles. The number of aromatic nitrogens is 2. The highest BCUT2D eigenvalue weighted by Gasteiger charge is 2.29. The Labute approximate surface area is 100.0 Å². The fourth-order valence-corrected chi connectivity index (χ4v) is 2.04. The summed E-state index contributed by atoms with van der Waals surface area (Å²) in [5, 5.41) is 17.2. The molecule has 1 atom stereocenters. The molecule has 1 aromatic rings. The summed E-state index contributed by atoms with van der Waals surface area (Å²) in [6.07, 6.45) is 4.82. The van der Waals surface area contributed by atoms with Crippen LogP contribution in [0, 0.1) is 5.41 Å². The lowest BCUT2D eigenvalue weighted by Crippen LogP contribution is -2.46. The first kappa shape index (κ1) is 11.8. The second-order valence-electron chi connectivity index (χ2n) is 4.70. The molecule has 1 aliphatic heterocycles. The zero-order valence-electron chi connectivity index (χ0n) is 9.85. The highest BCUT2D eigenvalue weighted by atomic mass is 16.3. The van der Waals surface area contributed by atoms with Crippen molar-refractivity contribution >= 4 is 11.7 Å². The average molecular weight is 235 g/mol. The van der Waals surface area contributed by atoms with Gasteiger partial charge in [0.1, 0.15) is 17.3 Å². The van der Waals surface area contributed by atoms with Gasteiger partial charge in [0.15, 0.2) is 0 Å². The number of piperidine rings is 1. The van der Waals surface area contributed by atoms with Crippen LogP contribution >= 0.6 is 0 Å². The maximum absolute atomic E-state index is 10.0. The number of anilines is 1. The van der Waals surface area contributed by atoms with E-state index in [1.807, 2.05) is 11.8 Å². The van der Waals surface area contributed by atoms with Crippen LogP contribution in [-0.2, 0) is 0 Å². The molecule has 0 radical (unpaired) electrons. The van der Waals surface area contributed by atoms with Crippen molar-refractivity contribution in [2.45, 2.75) is 25.4 Å². The van der Waals surface area contributed by atoms with Crippen LogP contribution in [0.25, 0.3) is 0 Å². The van der Waals surface area contributed by atoms with E-state index in [2.05, 4.69) is 9.97 Å². The van der Waals surface area contributed by atoms with Crippen LogP contribution in [0.4, 0.5) is 5.82 Å². The van der Waals surface area contributed by atoms with E-state index >= 15 is 0 Å². The lowest BCUT2D eigenvalue weighted by molar-refractivity contribution is 0.0447. The number of hydrogen-bond donors (Lipinski definition) is 3. The first-order valence-corrected chi connectivity index (χ1v) is 5.62. The fourth-order valence-electron chi connectivity index (χ4n) is 2.04. The Morgan fingerprint density at radius 3 is 2.82 bits per heavy atom. The van der Waals surface area contributed by atoms with Crippen molar-refractivity contribution in [3.8, 4) is 0 Å². The molecule has 92 valence electrons. The van der Waals surface area contributed by atoms with Crippen LogP contribution in [0.15, 0.2) is 12.4 Å². The smallest absolute Gasteiger partial charge is 0.147 e. The maximum atomic E-state index is 10.0. The number of hydrogen-bond acceptors (Lipinski definition) is 5. The van der Waals surface area contributed by atoms with Crippen molar-refractivity contribution in [2.75, 3.05) is 18.0 Å². The van der Waals surface area contributed by atoms with Crippen molar-refractivity contribution in [2.24, 2.45) is 5.73 Å². The van der Waals surface area contributed by atoms with E-state index in [4.69, 9.17) is 11.1 Å². The van der Waals surface area contributed by atoms with Crippen molar-refractivity contribution in [1.29, 1.82) is 5.41 Å². The lowest BCUT2D eigenvalue weighted by atomic mass is 9.95. The zero-order valence-corrected chi connectivity index (χ0v) is 9.85. The van der Waals surface area contributed by atoms with E-state index in [1.54, 1.807) is 6.20 Å². The van der Waals surface area contributed by atoms with Gasteiger partial charge in [-0.25, -0.2) is 9.97 Å². The summed E-state index contributed by atoms with van der Waals surface area (Å²) in [5.41, 5.74) is 5.02. The van der Waals surface area contributed by atoms with E-state index in [0.717, 1.165) is 25.2 Å². The molecule has 6 heteroatoms. The Hall–Kier alpha value is -1.69. The normalized spacial score (nSPS) is 24.7. The van der Waals surface area contributed by atoms with Gasteiger partial charge in [0.25, 0.3) is 0 Å². The second-order valence-corrected chi connectivity index (χ2v) is 4.70. The number of nitrogens with zero attached hydrogens (tertiary/aromatic N) is 3. The van der Waals surface area contributed by atoms with E-state index in [0.29, 0.717) is 12.2 Å². The fraction of sp³-hybridized carbons (Fsp3) is 0.545. The molecule has 0 saturated carbocycles. The largest absolute Gasteiger partial charge is 0.388 e. The van der Waals surface area contributed by atoms with Crippen LogP contribution in [0.2, 0.25) is 0 Å². The van der Waals surface area contributed by atoms with E-state index in [9.17, 15) is 5.11 Å². The van der Waals surface area contributed by atoms with Gasteiger partial charge in [0.05, 0.1) is 18.0 Å². The number of amidine groups is 1. The predicted molar refractivity (Wildman–Crippen MR) is 65.1 cm³/mol. The molecule has 0 amide bonds. The van der Waals surface area contributed by atoms with Gasteiger partial charge in [-0.15, -0.1) is 0 Å². The molecule has 0 bridgehead atoms. The zero-order chi connectivity index (χ0) is 12.5. The lowest BCUT2D eigenvalue weighted by Gasteiger charge is -2.37. The minimum atomic E-state index is -0.667. The van der Waals surface area contributed by atoms with Gasteiger partial charge in [-0.05, 0) is 19.8 Å². The number of β-amino-alcohol motifs (C(OH)–C–C–N with tert-alkyl or cyclic N) is 1. The Bertz CT molecular complexity index is 414. The Balaban J connectivity index is 2.14. The van der Waals surface area contributed by atoms with Gasteiger partial charge >= 0.3 is 0 Å². The molecular weight excluding hydrogens is 218 g/mol. The number of aliphatic hydroxyl groups is 1. The summed E-state index contributed by atoms with van der Waals surface area (Å²) in [6.45, 7) is 3.25. The van der Waals surface area contributed by atoms with Gasteiger partial charge in [-0.1, -0.05) is 0 Å². The molecule has 1 unspecified atom stereocenters. The molecule has 2 heterocycles. The van der Waals surface area contributed by atoms with E-state index in [-0.39, 0.29) is 5.84 Å². The Kier molecular flexibility index (Phi) is 2.97. The summed E-state index contributed by atoms with van der Waals surface area (Å²) in [6, 6.07) is 0. The predicted octanol–water partition coefficient (Wildman–Crippen LogP) is 0.112. The SMILES string of the molecule is CC1(O)CCCN(c2cnc(C(=N)N)cn2)C1. The molecule has 0 aliphatic carbocycles. The summed E-state index contributed by atoms with van der Waals surface area (Å²) in [4.78, 5) is 10.3. The van der Waals surface area contributed by atoms with Crippen LogP contribution in [0.1, 0.15) is 25.5 Å². The van der Waals surface area contributed by atoms with Crippen molar-refractivity contribution in [3.63, 3.8) is 0 Å². The molecule has 2 rings (SSSR count). The van der Waals surface area contributed by atoms with E-state index in [1.165, 1.54) is 6.20 Å². The van der Waals surface area contributed by atoms with Gasteiger partial charge in [-0.3, -0.25) is 5.41 Å². The number of nitrogens with one attached hydrogen (secondary N) is 1. The van der Waals surface area contributed by atoms with Crippen LogP contribution in [-0.4, -0.2) is 39.6 Å². The Morgan fingerprint density at radius 1 is 1.53 bits per heavy atom. The van der Waals surface area contributed by atoms with Gasteiger partial charge in [0.2, 0.25) is 0 Å². The quantitative estimate of drug-likeness (QED) is 0.499. The summed E-state index contributed by atoms with van der Waals surface area (Å²) < 4.78 is 0. The molecule has 17 heavy (non-hydrogen) atoms. The third-order valence-corrected chi connectivity index (χ3v) is 2.91. The minimum Gasteiger partial charge on any atom is -0.388 e. The van der Waals surface area contributed by atoms with Crippen molar-refractivity contribution < 1.29 is 5.11 Å². The standard InChI is InChI=1S/C11H17N5O/c1-11(17)3-2-4-16(7-11)9-6-14-8(5-15-9)10(12)13/h5-6,17H,2-4,7H2,1H3,(H3,12,13). The van der Waals surface area contributed by atoms with Crippen molar-refractivity contribution in [3.05, 3.63) is 18.1 Å². The van der Waals surface area contributed by atoms with Crippen molar-refractivity contribution in [1.82, 2.24) is 9.97 Å². The molecule has 1 aliphatic rings. The number of nitrogen functional groups attached to an aromatic ring is 1. The second kappa shape index (κ2) is 4.29. The molecule has 1 fully saturated rings. The molecule has 1 saturated heterocycles. The molecule has 4 N–H and O–H groups in total. The highest BCUT2D eigenvalue weighted by molar-refractivity contribution is 5.92. The summed E-state index contributed by atoms with van der Waals surface area (Å²) in [5.74, 6) is 0.629. The van der Waals surface area contributed by atoms with Gasteiger partial charge in [0, 0.05) is 13.1 Å². The topological polar surface area (TPSA) is 99.1 Å². The molecule has 6 nitrogen and oxygen atoms in total. The third kappa shape index (κ3) is 2.71. The van der Waals surface area contributed by atoms with Gasteiger partial charge in [-0.2, -0.15) is 0 Å². The van der Waals surface area contributed by atoms with Crippen LogP contribution in [0.3, 0.4) is 0 Å². The minimum absolute atomic E-state index is 0.0882. The monoisotopic (exact) mass is 235 g/mol. The first-order chi connectivity index (χ1) is 7.98. The average Bonchev–Trinajstić information content (AvgIpc) is 2.28. The number of rotatable bonds is 2. The Morgan fingerprint density at radius 2 is 2.29 bits per heavy atom. The summed E-state index contributed by atoms with van der Waals surface area (Å²) in [7, 11) is 0. The molecular formula is C11H17N5O.